The van der Waals surface area contributed by atoms with E-state index in [1.54, 1.807) is 43.3 Å². The number of nitrogens with zero attached hydrogens (tertiary/aromatic N) is 1. The molecule has 1 N–H and O–H groups in total. The van der Waals surface area contributed by atoms with Crippen molar-refractivity contribution in [1.82, 2.24) is 4.90 Å². The highest BCUT2D eigenvalue weighted by Crippen LogP contribution is 2.22. The van der Waals surface area contributed by atoms with Crippen LogP contribution in [0.25, 0.3) is 0 Å². The predicted octanol–water partition coefficient (Wildman–Crippen LogP) is 2.67. The predicted molar refractivity (Wildman–Crippen MR) is 94.3 cm³/mol. The standard InChI is InChI=1S/C19H16N2O6/c1-2-26-19(25)20-13-7-5-6-12(10-13)18(24)27-11-21-16(22)14-8-3-4-9-15(14)17(21)23/h3-10H,2,11H2,1H3,(H,20,25). The lowest BCUT2D eigenvalue weighted by molar-refractivity contribution is 0.0228. The molecule has 1 aliphatic rings. The zero-order valence-corrected chi connectivity index (χ0v) is 14.4. The summed E-state index contributed by atoms with van der Waals surface area (Å²) in [4.78, 5) is 49.0. The lowest BCUT2D eigenvalue weighted by atomic mass is 10.1. The fraction of sp³-hybridized carbons (Fsp3) is 0.158. The second-order valence-corrected chi connectivity index (χ2v) is 5.57. The number of rotatable bonds is 5. The molecule has 27 heavy (non-hydrogen) atoms. The molecule has 2 aromatic carbocycles. The van der Waals surface area contributed by atoms with E-state index in [1.807, 2.05) is 0 Å². The highest BCUT2D eigenvalue weighted by molar-refractivity contribution is 6.21. The molecule has 0 radical (unpaired) electrons. The first-order valence-corrected chi connectivity index (χ1v) is 8.17. The number of hydrogen-bond donors (Lipinski definition) is 1. The molecule has 0 atom stereocenters. The van der Waals surface area contributed by atoms with E-state index >= 15 is 0 Å². The Morgan fingerprint density at radius 1 is 0.963 bits per heavy atom. The van der Waals surface area contributed by atoms with Gasteiger partial charge in [-0.15, -0.1) is 0 Å². The van der Waals surface area contributed by atoms with Gasteiger partial charge in [0, 0.05) is 5.69 Å². The number of carbonyl (C=O) groups excluding carboxylic acids is 4. The molecule has 138 valence electrons. The Morgan fingerprint density at radius 3 is 2.26 bits per heavy atom. The summed E-state index contributed by atoms with van der Waals surface area (Å²) >= 11 is 0. The van der Waals surface area contributed by atoms with E-state index in [-0.39, 0.29) is 23.3 Å². The van der Waals surface area contributed by atoms with Crippen LogP contribution in [0.3, 0.4) is 0 Å². The molecule has 1 heterocycles. The van der Waals surface area contributed by atoms with Gasteiger partial charge < -0.3 is 9.47 Å². The van der Waals surface area contributed by atoms with E-state index in [9.17, 15) is 19.2 Å². The average Bonchev–Trinajstić information content (AvgIpc) is 2.91. The van der Waals surface area contributed by atoms with Crippen molar-refractivity contribution >= 4 is 29.6 Å². The molecule has 8 heteroatoms. The van der Waals surface area contributed by atoms with Crippen molar-refractivity contribution in [2.45, 2.75) is 6.92 Å². The number of benzene rings is 2. The summed E-state index contributed by atoms with van der Waals surface area (Å²) in [6.07, 6.45) is -0.644. The molecule has 2 aromatic rings. The number of fused-ring (bicyclic) bond motifs is 1. The summed E-state index contributed by atoms with van der Waals surface area (Å²) < 4.78 is 9.86. The number of amides is 3. The Hall–Kier alpha value is -3.68. The maximum Gasteiger partial charge on any atom is 0.411 e. The van der Waals surface area contributed by atoms with Gasteiger partial charge in [0.1, 0.15) is 0 Å². The first-order valence-electron chi connectivity index (χ1n) is 8.17. The molecule has 0 saturated heterocycles. The van der Waals surface area contributed by atoms with E-state index in [0.717, 1.165) is 4.90 Å². The summed E-state index contributed by atoms with van der Waals surface area (Å²) in [5.74, 6) is -1.76. The normalized spacial score (nSPS) is 12.6. The van der Waals surface area contributed by atoms with Crippen LogP contribution in [-0.4, -0.2) is 42.1 Å². The zero-order chi connectivity index (χ0) is 19.4. The lowest BCUT2D eigenvalue weighted by Crippen LogP contribution is -2.33. The van der Waals surface area contributed by atoms with Crippen LogP contribution in [0.4, 0.5) is 10.5 Å². The molecule has 1 aliphatic heterocycles. The number of ether oxygens (including phenoxy) is 2. The highest BCUT2D eigenvalue weighted by Gasteiger charge is 2.35. The lowest BCUT2D eigenvalue weighted by Gasteiger charge is -2.14. The van der Waals surface area contributed by atoms with Crippen molar-refractivity contribution < 1.29 is 28.7 Å². The van der Waals surface area contributed by atoms with Crippen LogP contribution in [0.1, 0.15) is 38.0 Å². The van der Waals surface area contributed by atoms with Gasteiger partial charge in [-0.2, -0.15) is 0 Å². The van der Waals surface area contributed by atoms with Crippen LogP contribution < -0.4 is 5.32 Å². The SMILES string of the molecule is CCOC(=O)Nc1cccc(C(=O)OCN2C(=O)c3ccccc3C2=O)c1. The molecule has 0 spiro atoms. The number of imide groups is 1. The maximum atomic E-state index is 12.2. The molecular weight excluding hydrogens is 352 g/mol. The van der Waals surface area contributed by atoms with Crippen molar-refractivity contribution in [2.75, 3.05) is 18.7 Å². The third kappa shape index (κ3) is 3.79. The van der Waals surface area contributed by atoms with Gasteiger partial charge in [-0.25, -0.2) is 14.5 Å². The largest absolute Gasteiger partial charge is 0.450 e. The first kappa shape index (κ1) is 18.1. The number of esters is 1. The number of anilines is 1. The fourth-order valence-corrected chi connectivity index (χ4v) is 2.57. The van der Waals surface area contributed by atoms with Gasteiger partial charge in [0.2, 0.25) is 0 Å². The molecule has 0 fully saturated rings. The van der Waals surface area contributed by atoms with Crippen molar-refractivity contribution in [2.24, 2.45) is 0 Å². The number of carbonyl (C=O) groups is 4. The second-order valence-electron chi connectivity index (χ2n) is 5.57. The molecule has 8 nitrogen and oxygen atoms in total. The summed E-state index contributed by atoms with van der Waals surface area (Å²) in [6.45, 7) is 1.39. The van der Waals surface area contributed by atoms with E-state index in [0.29, 0.717) is 5.69 Å². The van der Waals surface area contributed by atoms with Crippen LogP contribution in [0.15, 0.2) is 48.5 Å². The topological polar surface area (TPSA) is 102 Å². The van der Waals surface area contributed by atoms with Gasteiger partial charge in [-0.05, 0) is 37.3 Å². The van der Waals surface area contributed by atoms with Crippen LogP contribution >= 0.6 is 0 Å². The maximum absolute atomic E-state index is 12.2. The van der Waals surface area contributed by atoms with Gasteiger partial charge >= 0.3 is 12.1 Å². The van der Waals surface area contributed by atoms with E-state index in [1.165, 1.54) is 12.1 Å². The quantitative estimate of drug-likeness (QED) is 0.643. The Balaban J connectivity index is 1.64. The first-order chi connectivity index (χ1) is 13.0. The van der Waals surface area contributed by atoms with Crippen molar-refractivity contribution in [3.63, 3.8) is 0 Å². The molecule has 0 aromatic heterocycles. The Kier molecular flexibility index (Phi) is 5.16. The molecule has 0 bridgehead atoms. The van der Waals surface area contributed by atoms with Crippen molar-refractivity contribution in [3.8, 4) is 0 Å². The molecule has 0 unspecified atom stereocenters. The van der Waals surface area contributed by atoms with Gasteiger partial charge in [0.25, 0.3) is 11.8 Å². The average molecular weight is 368 g/mol. The van der Waals surface area contributed by atoms with Gasteiger partial charge in [-0.3, -0.25) is 14.9 Å². The van der Waals surface area contributed by atoms with Crippen LogP contribution in [-0.2, 0) is 9.47 Å². The summed E-state index contributed by atoms with van der Waals surface area (Å²) in [7, 11) is 0. The van der Waals surface area contributed by atoms with Crippen molar-refractivity contribution in [3.05, 3.63) is 65.2 Å². The number of nitrogens with one attached hydrogen (secondary N) is 1. The minimum atomic E-state index is -0.737. The highest BCUT2D eigenvalue weighted by atomic mass is 16.6. The van der Waals surface area contributed by atoms with E-state index in [4.69, 9.17) is 9.47 Å². The molecule has 0 aliphatic carbocycles. The summed E-state index contributed by atoms with van der Waals surface area (Å²) in [6, 6.07) is 12.4. The molecule has 0 saturated carbocycles. The number of hydrogen-bond acceptors (Lipinski definition) is 6. The van der Waals surface area contributed by atoms with E-state index in [2.05, 4.69) is 5.32 Å². The third-order valence-corrected chi connectivity index (χ3v) is 3.82. The summed E-state index contributed by atoms with van der Waals surface area (Å²) in [5.41, 5.74) is 1.06. The minimum Gasteiger partial charge on any atom is -0.450 e. The fourth-order valence-electron chi connectivity index (χ4n) is 2.57. The molecule has 3 rings (SSSR count). The van der Waals surface area contributed by atoms with Gasteiger partial charge in [0.05, 0.1) is 23.3 Å². The monoisotopic (exact) mass is 368 g/mol. The zero-order valence-electron chi connectivity index (χ0n) is 14.4. The Morgan fingerprint density at radius 2 is 1.63 bits per heavy atom. The summed E-state index contributed by atoms with van der Waals surface area (Å²) in [5, 5.41) is 2.47. The van der Waals surface area contributed by atoms with Crippen LogP contribution in [0.2, 0.25) is 0 Å². The molecular formula is C19H16N2O6. The second kappa shape index (κ2) is 7.69. The molecule has 3 amide bonds. The van der Waals surface area contributed by atoms with Crippen LogP contribution in [0, 0.1) is 0 Å². The Labute approximate surface area is 154 Å². The van der Waals surface area contributed by atoms with Gasteiger partial charge in [-0.1, -0.05) is 18.2 Å². The minimum absolute atomic E-state index is 0.154. The third-order valence-electron chi connectivity index (χ3n) is 3.82. The van der Waals surface area contributed by atoms with Crippen LogP contribution in [0.5, 0.6) is 0 Å². The van der Waals surface area contributed by atoms with E-state index < -0.39 is 30.6 Å². The smallest absolute Gasteiger partial charge is 0.411 e. The van der Waals surface area contributed by atoms with Gasteiger partial charge in [0.15, 0.2) is 6.73 Å². The Bertz CT molecular complexity index is 889. The van der Waals surface area contributed by atoms with Crippen molar-refractivity contribution in [1.29, 1.82) is 0 Å².